The van der Waals surface area contributed by atoms with Crippen LogP contribution in [0.1, 0.15) is 223 Å². The number of hydrogen-bond donors (Lipinski definition) is 21. The summed E-state index contributed by atoms with van der Waals surface area (Å²) in [5.74, 6) is -21.5. The summed E-state index contributed by atoms with van der Waals surface area (Å²) < 4.78 is 0. The van der Waals surface area contributed by atoms with Crippen molar-refractivity contribution in [3.05, 3.63) is 114 Å². The number of ketones is 5. The number of phenolic OH excluding ortho intramolecular Hbond substituents is 1. The van der Waals surface area contributed by atoms with Crippen LogP contribution in [-0.4, -0.2) is 240 Å². The Kier molecular flexibility index (Phi) is 46.9. The number of carboxylic acid groups (broad SMARTS) is 1. The number of carbonyl (C=O) groups excluding carboxylic acids is 19. The normalized spacial score (nSPS) is 22.1. The molecule has 1 aromatic heterocycles. The molecule has 3 aromatic carbocycles. The topological polar surface area (TPSA) is 650 Å². The number of primary amides is 2. The lowest BCUT2D eigenvalue weighted by molar-refractivity contribution is -0.140. The summed E-state index contributed by atoms with van der Waals surface area (Å²) in [5.41, 5.74) is 14.0. The van der Waals surface area contributed by atoms with Crippen LogP contribution in [0.25, 0.3) is 10.9 Å². The van der Waals surface area contributed by atoms with Gasteiger partial charge in [-0.15, -0.1) is 0 Å². The molecule has 1 aliphatic rings. The van der Waals surface area contributed by atoms with Gasteiger partial charge in [-0.2, -0.15) is 0 Å². The minimum atomic E-state index is -2.08. The number of nitrogens with one attached hydrogen (secondary N) is 16. The summed E-state index contributed by atoms with van der Waals surface area (Å²) in [7, 11) is 0. The van der Waals surface area contributed by atoms with Gasteiger partial charge in [0.1, 0.15) is 65.2 Å². The van der Waals surface area contributed by atoms with Crippen molar-refractivity contribution in [3.8, 4) is 5.75 Å². The fourth-order valence-corrected chi connectivity index (χ4v) is 15.4. The Morgan fingerprint density at radius 2 is 1.10 bits per heavy atom. The zero-order chi connectivity index (χ0) is 103. The molecule has 0 aliphatic carbocycles. The van der Waals surface area contributed by atoms with E-state index in [9.17, 15) is 82.4 Å². The molecular formula is C97H142N18O23. The number of rotatable bonds is 40. The third kappa shape index (κ3) is 38.2. The van der Waals surface area contributed by atoms with E-state index < -0.39 is 257 Å². The number of allylic oxidation sites excluding steroid dienone is 2. The lowest BCUT2D eigenvalue weighted by Crippen LogP contribution is -2.65. The van der Waals surface area contributed by atoms with Crippen molar-refractivity contribution in [2.45, 2.75) is 322 Å². The lowest BCUT2D eigenvalue weighted by Gasteiger charge is -2.34. The fourth-order valence-electron chi connectivity index (χ4n) is 15.4. The van der Waals surface area contributed by atoms with E-state index in [1.807, 2.05) is 12.2 Å². The van der Waals surface area contributed by atoms with Crippen LogP contribution in [-0.2, 0) is 115 Å². The Labute approximate surface area is 803 Å². The minimum absolute atomic E-state index is 0.0822. The van der Waals surface area contributed by atoms with Crippen molar-refractivity contribution < 1.29 is 111 Å². The summed E-state index contributed by atoms with van der Waals surface area (Å²) in [5, 5.41) is 66.7. The van der Waals surface area contributed by atoms with E-state index >= 15 is 28.8 Å². The van der Waals surface area contributed by atoms with E-state index in [2.05, 4.69) is 85.0 Å². The third-order valence-corrected chi connectivity index (χ3v) is 23.8. The van der Waals surface area contributed by atoms with Crippen molar-refractivity contribution in [3.63, 3.8) is 0 Å². The monoisotopic (exact) mass is 1930 g/mol. The average Bonchev–Trinajstić information content (AvgIpc) is 1.44. The second kappa shape index (κ2) is 56.0. The van der Waals surface area contributed by atoms with Crippen molar-refractivity contribution in [1.29, 1.82) is 0 Å². The van der Waals surface area contributed by atoms with E-state index in [0.717, 1.165) is 0 Å². The molecule has 41 nitrogen and oxygen atoms in total. The highest BCUT2D eigenvalue weighted by Gasteiger charge is 2.44. The first kappa shape index (κ1) is 115. The highest BCUT2D eigenvalue weighted by molar-refractivity contribution is 6.41. The summed E-state index contributed by atoms with van der Waals surface area (Å²) in [6, 6.07) is 1.24. The number of fused-ring (bicyclic) bond motifs is 1. The molecular weight excluding hydrogens is 1790 g/mol. The lowest BCUT2D eigenvalue weighted by atomic mass is 9.89. The number of aromatic hydroxyl groups is 1. The number of H-pyrrole nitrogens is 1. The smallest absolute Gasteiger partial charge is 0.303 e. The Morgan fingerprint density at radius 1 is 0.529 bits per heavy atom. The van der Waals surface area contributed by atoms with Gasteiger partial charge in [0.2, 0.25) is 106 Å². The van der Waals surface area contributed by atoms with Gasteiger partial charge in [0.15, 0.2) is 5.78 Å². The van der Waals surface area contributed by atoms with E-state index in [4.69, 9.17) is 11.5 Å². The average molecular weight is 1930 g/mol. The van der Waals surface area contributed by atoms with Gasteiger partial charge < -0.3 is 101 Å². The largest absolute Gasteiger partial charge is 0.508 e. The molecule has 758 valence electrons. The van der Waals surface area contributed by atoms with E-state index in [0.29, 0.717) is 59.7 Å². The maximum atomic E-state index is 15.6. The van der Waals surface area contributed by atoms with Gasteiger partial charge in [0.05, 0.1) is 42.2 Å². The number of aromatic amines is 1. The number of Topliss-reactive ketones (excluding diaryl/α,β-unsaturated/α-hetero) is 5. The van der Waals surface area contributed by atoms with Gasteiger partial charge in [-0.05, 0) is 173 Å². The summed E-state index contributed by atoms with van der Waals surface area (Å²) in [4.78, 5) is 283. The second-order valence-corrected chi connectivity index (χ2v) is 37.2. The number of aliphatic carboxylic acids is 1. The van der Waals surface area contributed by atoms with Crippen LogP contribution < -0.4 is 91.4 Å². The molecule has 0 radical (unpaired) electrons. The van der Waals surface area contributed by atoms with Gasteiger partial charge in [-0.1, -0.05) is 127 Å². The highest BCUT2D eigenvalue weighted by atomic mass is 16.4. The van der Waals surface area contributed by atoms with Gasteiger partial charge >= 0.3 is 5.97 Å². The highest BCUT2D eigenvalue weighted by Crippen LogP contribution is 2.25. The SMILES string of the molecule is CC(=O)N[C@@H](CC(C)C)C(=O)N[C@H](C(=O)N[C@@H](Cc1ccccc1)C(=O)N[C@@]1(C)CCCCCC/C=C/CCC[C@@](C)(C(=O)N[C@@H](C)C(=O)NC(C)C(=O)N[C@@H](C)C(=O)C(=O)[C@H](C)NN[C@H](C)C(=O)C[C@H](C)C(N)=O)NC(=O)[C@H](CC(C)C)CN[C@@H](CCC(N)=O)C(=O)C(=O)C(C)NC(=O)[C@H](Cc2c[nH]c3ccccc23)NC(=O)C(Cc2ccc(O)cc2)NC(=O)[C@H](CCC(=O)O)NC1=O)[C@@H](C)O. The maximum absolute atomic E-state index is 15.6. The van der Waals surface area contributed by atoms with E-state index in [1.54, 1.807) is 88.5 Å². The van der Waals surface area contributed by atoms with Crippen LogP contribution in [0.5, 0.6) is 5.75 Å². The van der Waals surface area contributed by atoms with Gasteiger partial charge in [0.25, 0.3) is 0 Å². The molecule has 0 spiro atoms. The molecule has 18 atom stereocenters. The van der Waals surface area contributed by atoms with Crippen molar-refractivity contribution in [2.24, 2.45) is 35.1 Å². The molecule has 0 fully saturated rings. The maximum Gasteiger partial charge on any atom is 0.303 e. The standard InChI is InChI=1S/C97H142N18O23/c1-52(2)44-66-51-101-70(38-40-77(98)120)83(126)81(124)57(8)103-89(132)75(49-65-50-100-69-33-27-26-32-68(65)69)108-90(133)73(48-64-34-36-67(118)37-35-64)107-88(131)71(39-41-78(121)122)110-95(138)97(15,113-92(135)74(47-63-30-24-23-25-31-63)109-93(136)79(61(12)116)111-91(134)72(45-53(3)4)106-62(13)117)43-29-22-20-18-16-17-19-21-28-42-96(14,112-87(66)130)94(137)105-60(11)86(129)104-59(10)85(128)102-56(7)80(123)82(125)58(9)115-114-55(6)76(119)46-54(5)84(99)127/h17,19,23-27,30-37,50,52-61,66,70-75,79,100-101,114-116,118H,16,18,20-22,28-29,38-49,51H2,1-15H3,(H2,98,120)(H2,99,127)(H,102,128)(H,103,132)(H,104,129)(H,105,137)(H,106,117)(H,107,131)(H,108,133)(H,109,136)(H,110,138)(H,111,134)(H,112,130)(H,113,135)(H,121,122)/b19-17+/t54-,55+,56-,57?,58-,59?,60-,61+,66+,70-,71-,72-,73?,74-,75-,79-,96-,97-/m0/s1. The Hall–Kier alpha value is -13.0. The number of carbonyl (C=O) groups is 20. The number of aliphatic hydroxyl groups excluding tert-OH is 1. The van der Waals surface area contributed by atoms with Crippen molar-refractivity contribution in [1.82, 2.24) is 85.0 Å². The van der Waals surface area contributed by atoms with Crippen LogP contribution >= 0.6 is 0 Å². The molecule has 14 amide bonds. The van der Waals surface area contributed by atoms with Crippen molar-refractivity contribution >= 4 is 128 Å². The zero-order valence-corrected chi connectivity index (χ0v) is 81.4. The molecule has 138 heavy (non-hydrogen) atoms. The molecule has 5 rings (SSSR count). The van der Waals surface area contributed by atoms with Crippen LogP contribution in [0.3, 0.4) is 0 Å². The summed E-state index contributed by atoms with van der Waals surface area (Å²) in [6.45, 7) is 21.3. The number of aliphatic hydroxyl groups is 1. The summed E-state index contributed by atoms with van der Waals surface area (Å²) >= 11 is 0. The van der Waals surface area contributed by atoms with E-state index in [-0.39, 0.29) is 81.9 Å². The number of benzene rings is 3. The number of hydrogen-bond acceptors (Lipinski definition) is 25. The molecule has 41 heteroatoms. The van der Waals surface area contributed by atoms with Crippen LogP contribution in [0.2, 0.25) is 0 Å². The number of para-hydroxylation sites is 1. The number of hydrazine groups is 1. The number of carboxylic acids is 1. The first-order valence-electron chi connectivity index (χ1n) is 46.9. The van der Waals surface area contributed by atoms with Crippen LogP contribution in [0, 0.1) is 23.7 Å². The first-order valence-corrected chi connectivity index (χ1v) is 46.9. The second-order valence-electron chi connectivity index (χ2n) is 37.2. The molecule has 0 saturated carbocycles. The van der Waals surface area contributed by atoms with E-state index in [1.165, 1.54) is 100 Å². The molecule has 1 aliphatic heterocycles. The number of nitrogens with two attached hydrogens (primary N) is 2. The molecule has 23 N–H and O–H groups in total. The molecule has 0 saturated heterocycles. The van der Waals surface area contributed by atoms with Crippen LogP contribution in [0.4, 0.5) is 0 Å². The van der Waals surface area contributed by atoms with Gasteiger partial charge in [0, 0.05) is 75.0 Å². The molecule has 0 bridgehead atoms. The first-order chi connectivity index (χ1) is 64.8. The predicted molar refractivity (Wildman–Crippen MR) is 510 cm³/mol. The van der Waals surface area contributed by atoms with Crippen molar-refractivity contribution in [2.75, 3.05) is 6.54 Å². The van der Waals surface area contributed by atoms with Crippen LogP contribution in [0.15, 0.2) is 97.2 Å². The number of aromatic nitrogens is 1. The summed E-state index contributed by atoms with van der Waals surface area (Å²) in [6.07, 6.45) is 2.68. The molecule has 3 unspecified atom stereocenters. The Balaban J connectivity index is 1.59. The third-order valence-electron chi connectivity index (χ3n) is 23.8. The van der Waals surface area contributed by atoms with Gasteiger partial charge in [-0.3, -0.25) is 95.9 Å². The number of amides is 14. The minimum Gasteiger partial charge on any atom is -0.508 e. The predicted octanol–water partition coefficient (Wildman–Crippen LogP) is 1.09. The number of phenols is 1. The Bertz CT molecular complexity index is 4960. The molecule has 4 aromatic rings. The quantitative estimate of drug-likeness (QED) is 0.0168. The zero-order valence-electron chi connectivity index (χ0n) is 81.4. The van der Waals surface area contributed by atoms with Gasteiger partial charge in [-0.25, -0.2) is 10.9 Å². The fraction of sp³-hybridized carbons (Fsp3) is 0.567. The molecule has 2 heterocycles. The Morgan fingerprint density at radius 3 is 1.71 bits per heavy atom.